The van der Waals surface area contributed by atoms with Crippen molar-refractivity contribution in [3.8, 4) is 5.75 Å². The number of aliphatic hydroxyl groups excluding tert-OH is 1. The van der Waals surface area contributed by atoms with Gasteiger partial charge in [0, 0.05) is 17.5 Å². The second-order valence-electron chi connectivity index (χ2n) is 4.08. The highest BCUT2D eigenvalue weighted by atomic mass is 35.5. The Morgan fingerprint density at radius 1 is 1.47 bits per heavy atom. The van der Waals surface area contributed by atoms with Gasteiger partial charge in [0.2, 0.25) is 0 Å². The first-order valence-electron chi connectivity index (χ1n) is 5.35. The lowest BCUT2D eigenvalue weighted by molar-refractivity contribution is -0.386. The van der Waals surface area contributed by atoms with Gasteiger partial charge in [0.15, 0.2) is 5.75 Å². The minimum absolute atomic E-state index is 0.140. The van der Waals surface area contributed by atoms with Crippen molar-refractivity contribution < 1.29 is 14.8 Å². The van der Waals surface area contributed by atoms with Crippen LogP contribution in [0.15, 0.2) is 18.2 Å². The smallest absolute Gasteiger partial charge is 0.312 e. The average molecular weight is 258 g/mol. The van der Waals surface area contributed by atoms with Crippen molar-refractivity contribution in [1.29, 1.82) is 0 Å². The van der Waals surface area contributed by atoms with Crippen molar-refractivity contribution in [2.45, 2.75) is 31.5 Å². The maximum Gasteiger partial charge on any atom is 0.312 e. The van der Waals surface area contributed by atoms with Crippen LogP contribution in [0.2, 0.25) is 5.02 Å². The third-order valence-electron chi connectivity index (χ3n) is 2.77. The summed E-state index contributed by atoms with van der Waals surface area (Å²) in [5, 5.41) is 20.5. The third-order valence-corrected chi connectivity index (χ3v) is 3.00. The molecule has 0 bridgehead atoms. The maximum atomic E-state index is 10.8. The summed E-state index contributed by atoms with van der Waals surface area (Å²) in [6, 6.07) is 4.31. The molecular weight excluding hydrogens is 246 g/mol. The SMILES string of the molecule is O=[N+]([O-])c1cc(Cl)ccc1OC1CCC(O)C1. The highest BCUT2D eigenvalue weighted by Gasteiger charge is 2.26. The second-order valence-corrected chi connectivity index (χ2v) is 4.51. The fourth-order valence-corrected chi connectivity index (χ4v) is 2.10. The van der Waals surface area contributed by atoms with Crippen LogP contribution >= 0.6 is 11.6 Å². The minimum atomic E-state index is -0.521. The number of halogens is 1. The first kappa shape index (κ1) is 12.1. The molecule has 1 saturated carbocycles. The Bertz CT molecular complexity index is 437. The van der Waals surface area contributed by atoms with Crippen molar-refractivity contribution in [2.75, 3.05) is 0 Å². The van der Waals surface area contributed by atoms with E-state index in [1.54, 1.807) is 6.07 Å². The molecule has 0 heterocycles. The molecule has 0 aliphatic heterocycles. The Labute approximate surface area is 103 Å². The van der Waals surface area contributed by atoms with Crippen LogP contribution in [-0.4, -0.2) is 22.2 Å². The molecule has 1 aromatic carbocycles. The van der Waals surface area contributed by atoms with Crippen LogP contribution in [0.4, 0.5) is 5.69 Å². The Balaban J connectivity index is 2.17. The molecular formula is C11H12ClNO4. The van der Waals surface area contributed by atoms with E-state index in [1.807, 2.05) is 0 Å². The van der Waals surface area contributed by atoms with Crippen molar-refractivity contribution in [1.82, 2.24) is 0 Å². The van der Waals surface area contributed by atoms with E-state index < -0.39 is 4.92 Å². The fraction of sp³-hybridized carbons (Fsp3) is 0.455. The number of ether oxygens (including phenoxy) is 1. The number of rotatable bonds is 3. The van der Waals surface area contributed by atoms with Crippen LogP contribution < -0.4 is 4.74 Å². The molecule has 0 radical (unpaired) electrons. The molecule has 6 heteroatoms. The molecule has 2 atom stereocenters. The molecule has 1 aliphatic rings. The monoisotopic (exact) mass is 257 g/mol. The zero-order valence-electron chi connectivity index (χ0n) is 9.01. The fourth-order valence-electron chi connectivity index (χ4n) is 1.94. The molecule has 17 heavy (non-hydrogen) atoms. The van der Waals surface area contributed by atoms with Crippen molar-refractivity contribution >= 4 is 17.3 Å². The Morgan fingerprint density at radius 2 is 2.24 bits per heavy atom. The summed E-state index contributed by atoms with van der Waals surface area (Å²) in [6.45, 7) is 0. The molecule has 0 saturated heterocycles. The van der Waals surface area contributed by atoms with Crippen LogP contribution in [0.1, 0.15) is 19.3 Å². The van der Waals surface area contributed by atoms with Gasteiger partial charge in [-0.3, -0.25) is 10.1 Å². The average Bonchev–Trinajstić information content (AvgIpc) is 2.66. The second kappa shape index (κ2) is 4.89. The van der Waals surface area contributed by atoms with Gasteiger partial charge in [-0.25, -0.2) is 0 Å². The number of benzene rings is 1. The Hall–Kier alpha value is -1.33. The predicted molar refractivity (Wildman–Crippen MR) is 62.4 cm³/mol. The van der Waals surface area contributed by atoms with Crippen molar-refractivity contribution in [3.05, 3.63) is 33.3 Å². The number of nitro benzene ring substituents is 1. The Kier molecular flexibility index (Phi) is 3.49. The summed E-state index contributed by atoms with van der Waals surface area (Å²) in [4.78, 5) is 10.3. The van der Waals surface area contributed by atoms with E-state index in [1.165, 1.54) is 12.1 Å². The third kappa shape index (κ3) is 2.87. The van der Waals surface area contributed by atoms with Gasteiger partial charge >= 0.3 is 5.69 Å². The van der Waals surface area contributed by atoms with Gasteiger partial charge < -0.3 is 9.84 Å². The van der Waals surface area contributed by atoms with Gasteiger partial charge in [-0.1, -0.05) is 11.6 Å². The molecule has 0 amide bonds. The van der Waals surface area contributed by atoms with Gasteiger partial charge in [-0.05, 0) is 25.0 Å². The molecule has 0 spiro atoms. The van der Waals surface area contributed by atoms with E-state index in [-0.39, 0.29) is 23.6 Å². The molecule has 2 unspecified atom stereocenters. The lowest BCUT2D eigenvalue weighted by Crippen LogP contribution is -2.14. The topological polar surface area (TPSA) is 72.6 Å². The molecule has 0 aromatic heterocycles. The van der Waals surface area contributed by atoms with E-state index in [9.17, 15) is 15.2 Å². The summed E-state index contributed by atoms with van der Waals surface area (Å²) in [7, 11) is 0. The van der Waals surface area contributed by atoms with E-state index in [2.05, 4.69) is 0 Å². The number of hydrogen-bond acceptors (Lipinski definition) is 4. The first-order valence-corrected chi connectivity index (χ1v) is 5.72. The van der Waals surface area contributed by atoms with Crippen LogP contribution in [0.25, 0.3) is 0 Å². The molecule has 1 aromatic rings. The van der Waals surface area contributed by atoms with Crippen LogP contribution in [0.5, 0.6) is 5.75 Å². The zero-order valence-corrected chi connectivity index (χ0v) is 9.76. The zero-order chi connectivity index (χ0) is 12.4. The molecule has 5 nitrogen and oxygen atoms in total. The molecule has 2 rings (SSSR count). The number of nitrogens with zero attached hydrogens (tertiary/aromatic N) is 1. The lowest BCUT2D eigenvalue weighted by atomic mass is 10.2. The number of hydrogen-bond donors (Lipinski definition) is 1. The summed E-state index contributed by atoms with van der Waals surface area (Å²) >= 11 is 5.70. The van der Waals surface area contributed by atoms with Gasteiger partial charge in [0.25, 0.3) is 0 Å². The van der Waals surface area contributed by atoms with Crippen molar-refractivity contribution in [3.63, 3.8) is 0 Å². The highest BCUT2D eigenvalue weighted by molar-refractivity contribution is 6.30. The van der Waals surface area contributed by atoms with Gasteiger partial charge in [0.05, 0.1) is 11.0 Å². The Morgan fingerprint density at radius 3 is 2.82 bits per heavy atom. The standard InChI is InChI=1S/C11H12ClNO4/c12-7-1-4-11(10(5-7)13(15)16)17-9-3-2-8(14)6-9/h1,4-5,8-9,14H,2-3,6H2. The summed E-state index contributed by atoms with van der Waals surface area (Å²) < 4.78 is 5.53. The molecule has 1 fully saturated rings. The summed E-state index contributed by atoms with van der Waals surface area (Å²) in [6.07, 6.45) is 1.36. The number of aliphatic hydroxyl groups is 1. The van der Waals surface area contributed by atoms with E-state index in [4.69, 9.17) is 16.3 Å². The van der Waals surface area contributed by atoms with Gasteiger partial charge in [-0.2, -0.15) is 0 Å². The van der Waals surface area contributed by atoms with Crippen LogP contribution in [0, 0.1) is 10.1 Å². The first-order chi connectivity index (χ1) is 8.06. The van der Waals surface area contributed by atoms with Crippen LogP contribution in [-0.2, 0) is 0 Å². The molecule has 92 valence electrons. The quantitative estimate of drug-likeness (QED) is 0.667. The largest absolute Gasteiger partial charge is 0.483 e. The highest BCUT2D eigenvalue weighted by Crippen LogP contribution is 2.33. The predicted octanol–water partition coefficient (Wildman–Crippen LogP) is 2.54. The maximum absolute atomic E-state index is 10.8. The normalized spacial score (nSPS) is 23.6. The molecule has 1 aliphatic carbocycles. The summed E-state index contributed by atoms with van der Waals surface area (Å²) in [5.74, 6) is 0.207. The van der Waals surface area contributed by atoms with Gasteiger partial charge in [-0.15, -0.1) is 0 Å². The minimum Gasteiger partial charge on any atom is -0.483 e. The van der Waals surface area contributed by atoms with E-state index in [0.717, 1.165) is 0 Å². The molecule has 1 N–H and O–H groups in total. The van der Waals surface area contributed by atoms with E-state index in [0.29, 0.717) is 24.3 Å². The summed E-state index contributed by atoms with van der Waals surface area (Å²) in [5.41, 5.74) is -0.140. The number of nitro groups is 1. The van der Waals surface area contributed by atoms with Gasteiger partial charge in [0.1, 0.15) is 6.10 Å². The lowest BCUT2D eigenvalue weighted by Gasteiger charge is -2.13. The van der Waals surface area contributed by atoms with Crippen molar-refractivity contribution in [2.24, 2.45) is 0 Å². The van der Waals surface area contributed by atoms with E-state index >= 15 is 0 Å². The van der Waals surface area contributed by atoms with Crippen LogP contribution in [0.3, 0.4) is 0 Å².